The first kappa shape index (κ1) is 17.2. The molecule has 2 heterocycles. The summed E-state index contributed by atoms with van der Waals surface area (Å²) in [6.45, 7) is 6.36. The summed E-state index contributed by atoms with van der Waals surface area (Å²) < 4.78 is 0. The number of likely N-dealkylation sites (tertiary alicyclic amines) is 1. The summed E-state index contributed by atoms with van der Waals surface area (Å²) in [7, 11) is 2.11. The van der Waals surface area contributed by atoms with Crippen molar-refractivity contribution in [3.05, 3.63) is 35.9 Å². The van der Waals surface area contributed by atoms with Crippen LogP contribution in [0.15, 0.2) is 30.3 Å². The number of amides is 1. The van der Waals surface area contributed by atoms with Gasteiger partial charge in [0.05, 0.1) is 6.54 Å². The largest absolute Gasteiger partial charge is 0.342 e. The lowest BCUT2D eigenvalue weighted by Gasteiger charge is -2.33. The first-order valence-corrected chi connectivity index (χ1v) is 9.16. The first-order valence-electron chi connectivity index (χ1n) is 9.16. The summed E-state index contributed by atoms with van der Waals surface area (Å²) in [5.41, 5.74) is 2.56. The summed E-state index contributed by atoms with van der Waals surface area (Å²) >= 11 is 0. The van der Waals surface area contributed by atoms with Gasteiger partial charge in [-0.05, 0) is 24.3 Å². The van der Waals surface area contributed by atoms with Gasteiger partial charge in [-0.15, -0.1) is 0 Å². The Morgan fingerprint density at radius 1 is 1.12 bits per heavy atom. The maximum atomic E-state index is 12.4. The molecule has 0 unspecified atom stereocenters. The van der Waals surface area contributed by atoms with E-state index in [0.717, 1.165) is 52.1 Å². The highest BCUT2D eigenvalue weighted by atomic mass is 16.2. The number of rotatable bonds is 4. The third-order valence-corrected chi connectivity index (χ3v) is 5.10. The van der Waals surface area contributed by atoms with Gasteiger partial charge in [-0.3, -0.25) is 9.69 Å². The Bertz CT molecular complexity index is 558. The lowest BCUT2D eigenvalue weighted by molar-refractivity contribution is -0.133. The van der Waals surface area contributed by atoms with Crippen molar-refractivity contribution < 1.29 is 4.79 Å². The van der Waals surface area contributed by atoms with E-state index >= 15 is 0 Å². The normalized spacial score (nSPS) is 20.6. The molecule has 1 N–H and O–H groups in total. The summed E-state index contributed by atoms with van der Waals surface area (Å²) in [5.74, 6) is 0.896. The summed E-state index contributed by atoms with van der Waals surface area (Å²) in [4.78, 5) is 16.7. The Balaban J connectivity index is 1.43. The average Bonchev–Trinajstić information content (AvgIpc) is 2.62. The topological polar surface area (TPSA) is 35.6 Å². The molecule has 0 bridgehead atoms. The molecule has 0 saturated carbocycles. The molecule has 0 radical (unpaired) electrons. The molecule has 4 nitrogen and oxygen atoms in total. The molecule has 0 spiro atoms. The third-order valence-electron chi connectivity index (χ3n) is 5.10. The van der Waals surface area contributed by atoms with Crippen molar-refractivity contribution in [2.24, 2.45) is 5.92 Å². The highest BCUT2D eigenvalue weighted by Gasteiger charge is 2.23. The number of carbonyl (C=O) groups is 1. The van der Waals surface area contributed by atoms with E-state index in [0.29, 0.717) is 18.4 Å². The molecule has 0 atom stereocenters. The second kappa shape index (κ2) is 8.49. The van der Waals surface area contributed by atoms with Crippen LogP contribution in [0, 0.1) is 5.92 Å². The van der Waals surface area contributed by atoms with E-state index in [1.807, 2.05) is 0 Å². The fourth-order valence-corrected chi connectivity index (χ4v) is 3.43. The van der Waals surface area contributed by atoms with Gasteiger partial charge in [0.1, 0.15) is 7.85 Å². The number of nitrogens with one attached hydrogen (secondary N) is 1. The Kier molecular flexibility index (Phi) is 6.10. The van der Waals surface area contributed by atoms with E-state index in [2.05, 4.69) is 59.4 Å². The van der Waals surface area contributed by atoms with Crippen LogP contribution in [0.3, 0.4) is 0 Å². The highest BCUT2D eigenvalue weighted by molar-refractivity contribution is 6.32. The molecular formula is C19H28BN3O. The summed E-state index contributed by atoms with van der Waals surface area (Å²) in [5, 5.41) is 3.33. The fourth-order valence-electron chi connectivity index (χ4n) is 3.43. The number of benzene rings is 1. The lowest BCUT2D eigenvalue weighted by atomic mass is 9.93. The van der Waals surface area contributed by atoms with Crippen LogP contribution in [0.4, 0.5) is 0 Å². The third kappa shape index (κ3) is 4.95. The van der Waals surface area contributed by atoms with Crippen molar-refractivity contribution in [1.82, 2.24) is 15.1 Å². The van der Waals surface area contributed by atoms with Gasteiger partial charge >= 0.3 is 0 Å². The molecule has 0 aliphatic carbocycles. The average molecular weight is 325 g/mol. The number of piperidine rings is 1. The van der Waals surface area contributed by atoms with Crippen molar-refractivity contribution in [3.8, 4) is 0 Å². The van der Waals surface area contributed by atoms with Gasteiger partial charge in [0.2, 0.25) is 5.91 Å². The van der Waals surface area contributed by atoms with E-state index in [1.165, 1.54) is 11.0 Å². The van der Waals surface area contributed by atoms with Gasteiger partial charge in [-0.25, -0.2) is 0 Å². The second-order valence-electron chi connectivity index (χ2n) is 7.01. The van der Waals surface area contributed by atoms with Crippen LogP contribution < -0.4 is 10.8 Å². The summed E-state index contributed by atoms with van der Waals surface area (Å²) in [6.07, 6.45) is 6.70. The molecular weight excluding hydrogens is 297 g/mol. The quantitative estimate of drug-likeness (QED) is 0.798. The van der Waals surface area contributed by atoms with Crippen LogP contribution in [0.25, 0.3) is 6.08 Å². The van der Waals surface area contributed by atoms with Crippen molar-refractivity contribution in [2.75, 3.05) is 45.8 Å². The summed E-state index contributed by atoms with van der Waals surface area (Å²) in [6, 6.07) is 8.63. The molecule has 128 valence electrons. The van der Waals surface area contributed by atoms with Gasteiger partial charge in [-0.1, -0.05) is 41.9 Å². The van der Waals surface area contributed by atoms with Gasteiger partial charge in [0.25, 0.3) is 0 Å². The Morgan fingerprint density at radius 3 is 2.46 bits per heavy atom. The zero-order valence-electron chi connectivity index (χ0n) is 14.7. The predicted octanol–water partition coefficient (Wildman–Crippen LogP) is 0.102. The maximum Gasteiger partial charge on any atom is 0.236 e. The first-order chi connectivity index (χ1) is 11.7. The van der Waals surface area contributed by atoms with E-state index in [9.17, 15) is 4.79 Å². The zero-order valence-corrected chi connectivity index (χ0v) is 14.7. The number of carbonyl (C=O) groups excluding carboxylic acids is 1. The van der Waals surface area contributed by atoms with Crippen LogP contribution in [0.2, 0.25) is 0 Å². The molecule has 1 amide bonds. The molecule has 2 aliphatic rings. The second-order valence-corrected chi connectivity index (χ2v) is 7.01. The van der Waals surface area contributed by atoms with Gasteiger partial charge in [0.15, 0.2) is 0 Å². The molecule has 2 saturated heterocycles. The molecule has 2 fully saturated rings. The van der Waals surface area contributed by atoms with E-state index in [4.69, 9.17) is 0 Å². The molecule has 1 aromatic carbocycles. The monoisotopic (exact) mass is 325 g/mol. The predicted molar refractivity (Wildman–Crippen MR) is 102 cm³/mol. The minimum Gasteiger partial charge on any atom is -0.342 e. The van der Waals surface area contributed by atoms with Gasteiger partial charge < -0.3 is 10.2 Å². The molecule has 0 aromatic heterocycles. The van der Waals surface area contributed by atoms with Crippen molar-refractivity contribution in [3.63, 3.8) is 0 Å². The Hall–Kier alpha value is -1.59. The number of nitrogens with zero attached hydrogens (tertiary/aromatic N) is 2. The smallest absolute Gasteiger partial charge is 0.236 e. The SMILES string of the molecule is Bc1ccc(/C=C/C2CCN(C(=O)CN3CCNCC3)CC2)cc1. The number of piperazine rings is 1. The van der Waals surface area contributed by atoms with Gasteiger partial charge in [0, 0.05) is 39.3 Å². The number of hydrogen-bond donors (Lipinski definition) is 1. The van der Waals surface area contributed by atoms with Crippen LogP contribution in [-0.2, 0) is 4.79 Å². The molecule has 1 aromatic rings. The van der Waals surface area contributed by atoms with Gasteiger partial charge in [-0.2, -0.15) is 0 Å². The van der Waals surface area contributed by atoms with Crippen molar-refractivity contribution in [1.29, 1.82) is 0 Å². The molecule has 3 rings (SSSR count). The molecule has 5 heteroatoms. The lowest BCUT2D eigenvalue weighted by Crippen LogP contribution is -2.49. The highest BCUT2D eigenvalue weighted by Crippen LogP contribution is 2.20. The fraction of sp³-hybridized carbons (Fsp3) is 0.526. The number of allylic oxidation sites excluding steroid dienone is 1. The Morgan fingerprint density at radius 2 is 1.79 bits per heavy atom. The maximum absolute atomic E-state index is 12.4. The molecule has 2 aliphatic heterocycles. The van der Waals surface area contributed by atoms with Crippen molar-refractivity contribution >= 4 is 25.3 Å². The Labute approximate surface area is 146 Å². The van der Waals surface area contributed by atoms with Crippen molar-refractivity contribution in [2.45, 2.75) is 12.8 Å². The number of hydrogen-bond acceptors (Lipinski definition) is 3. The van der Waals surface area contributed by atoms with Crippen LogP contribution in [-0.4, -0.2) is 69.4 Å². The van der Waals surface area contributed by atoms with E-state index in [1.54, 1.807) is 0 Å². The van der Waals surface area contributed by atoms with Crippen LogP contribution >= 0.6 is 0 Å². The molecule has 24 heavy (non-hydrogen) atoms. The minimum absolute atomic E-state index is 0.304. The van der Waals surface area contributed by atoms with E-state index in [-0.39, 0.29) is 0 Å². The zero-order chi connectivity index (χ0) is 16.8. The van der Waals surface area contributed by atoms with E-state index < -0.39 is 0 Å². The van der Waals surface area contributed by atoms with Crippen LogP contribution in [0.1, 0.15) is 18.4 Å². The van der Waals surface area contributed by atoms with Crippen LogP contribution in [0.5, 0.6) is 0 Å². The minimum atomic E-state index is 0.304. The standard InChI is InChI=1S/C19H28BN3O/c20-18-5-3-16(4-6-18)1-2-17-7-11-23(12-8-17)19(24)15-22-13-9-21-10-14-22/h1-6,17,21H,7-15,20H2/b2-1+.